The Morgan fingerprint density at radius 1 is 1.47 bits per heavy atom. The summed E-state index contributed by atoms with van der Waals surface area (Å²) in [5, 5.41) is 0. The minimum Gasteiger partial charge on any atom is -0.370 e. The summed E-state index contributed by atoms with van der Waals surface area (Å²) in [6.07, 6.45) is 4.79. The topological polar surface area (TPSA) is 55.6 Å². The summed E-state index contributed by atoms with van der Waals surface area (Å²) in [7, 11) is 0. The monoisotopic (exact) mass is 214 g/mol. The van der Waals surface area contributed by atoms with Gasteiger partial charge in [0.1, 0.15) is 6.61 Å². The molecule has 0 radical (unpaired) electrons. The molecular weight excluding hydrogens is 192 g/mol. The molecule has 4 heteroatoms. The van der Waals surface area contributed by atoms with E-state index in [1.807, 2.05) is 11.8 Å². The molecule has 0 aromatic rings. The van der Waals surface area contributed by atoms with Gasteiger partial charge in [0.25, 0.3) is 0 Å². The van der Waals surface area contributed by atoms with Crippen LogP contribution in [0.25, 0.3) is 0 Å². The molecule has 0 spiro atoms. The van der Waals surface area contributed by atoms with Crippen molar-refractivity contribution in [3.05, 3.63) is 0 Å². The molecule has 4 nitrogen and oxygen atoms in total. The van der Waals surface area contributed by atoms with Crippen LogP contribution >= 0.6 is 0 Å². The Hall–Kier alpha value is -0.610. The number of rotatable bonds is 6. The Bertz CT molecular complexity index is 191. The van der Waals surface area contributed by atoms with Crippen LogP contribution in [0.1, 0.15) is 32.6 Å². The van der Waals surface area contributed by atoms with Crippen LogP contribution in [0.5, 0.6) is 0 Å². The zero-order chi connectivity index (χ0) is 11.1. The predicted octanol–water partition coefficient (Wildman–Crippen LogP) is 0.753. The highest BCUT2D eigenvalue weighted by molar-refractivity contribution is 5.77. The molecule has 1 aliphatic rings. The van der Waals surface area contributed by atoms with Gasteiger partial charge in [0, 0.05) is 19.1 Å². The van der Waals surface area contributed by atoms with E-state index in [9.17, 15) is 4.79 Å². The van der Waals surface area contributed by atoms with Gasteiger partial charge in [-0.15, -0.1) is 0 Å². The second kappa shape index (κ2) is 6.80. The third kappa shape index (κ3) is 3.80. The third-order valence-electron chi connectivity index (χ3n) is 2.91. The van der Waals surface area contributed by atoms with E-state index in [1.54, 1.807) is 0 Å². The molecule has 88 valence electrons. The normalized spacial score (nSPS) is 16.9. The molecule has 1 rings (SSSR count). The van der Waals surface area contributed by atoms with Crippen LogP contribution in [0.3, 0.4) is 0 Å². The Morgan fingerprint density at radius 3 is 2.67 bits per heavy atom. The van der Waals surface area contributed by atoms with Crippen LogP contribution in [-0.2, 0) is 9.53 Å². The lowest BCUT2D eigenvalue weighted by Gasteiger charge is -2.27. The van der Waals surface area contributed by atoms with E-state index in [4.69, 9.17) is 10.5 Å². The second-order valence-electron chi connectivity index (χ2n) is 3.96. The van der Waals surface area contributed by atoms with Crippen molar-refractivity contribution < 1.29 is 9.53 Å². The quantitative estimate of drug-likeness (QED) is 0.664. The molecule has 0 bridgehead atoms. The maximum atomic E-state index is 11.8. The number of nitrogens with zero attached hydrogens (tertiary/aromatic N) is 1. The number of nitrogens with two attached hydrogens (primary N) is 1. The summed E-state index contributed by atoms with van der Waals surface area (Å²) in [6.45, 7) is 3.94. The van der Waals surface area contributed by atoms with Crippen LogP contribution in [-0.4, -0.2) is 43.2 Å². The van der Waals surface area contributed by atoms with Gasteiger partial charge in [0.05, 0.1) is 6.61 Å². The summed E-state index contributed by atoms with van der Waals surface area (Å²) in [6, 6.07) is 0.448. The van der Waals surface area contributed by atoms with Crippen LogP contribution < -0.4 is 5.73 Å². The lowest BCUT2D eigenvalue weighted by atomic mass is 10.2. The molecule has 15 heavy (non-hydrogen) atoms. The molecule has 1 saturated carbocycles. The minimum atomic E-state index is 0.109. The largest absolute Gasteiger partial charge is 0.370 e. The van der Waals surface area contributed by atoms with Crippen LogP contribution in [0.2, 0.25) is 0 Å². The minimum absolute atomic E-state index is 0.109. The zero-order valence-electron chi connectivity index (χ0n) is 9.58. The lowest BCUT2D eigenvalue weighted by molar-refractivity contribution is -0.138. The number of likely N-dealkylation sites (N-methyl/N-ethyl adjacent to an activating group) is 1. The number of ether oxygens (including phenoxy) is 1. The molecule has 1 fully saturated rings. The van der Waals surface area contributed by atoms with Crippen LogP contribution in [0, 0.1) is 0 Å². The standard InChI is InChI=1S/C11H22N2O2/c1-2-13(10-5-3-4-6-10)11(14)9-15-8-7-12/h10H,2-9,12H2,1H3. The molecule has 0 aromatic carbocycles. The number of hydrogen-bond acceptors (Lipinski definition) is 3. The van der Waals surface area contributed by atoms with Gasteiger partial charge in [-0.3, -0.25) is 4.79 Å². The van der Waals surface area contributed by atoms with E-state index in [-0.39, 0.29) is 12.5 Å². The summed E-state index contributed by atoms with van der Waals surface area (Å²) in [5.74, 6) is 0.109. The summed E-state index contributed by atoms with van der Waals surface area (Å²) in [4.78, 5) is 13.7. The van der Waals surface area contributed by atoms with Gasteiger partial charge < -0.3 is 15.4 Å². The number of carbonyl (C=O) groups is 1. The first-order chi connectivity index (χ1) is 7.29. The lowest BCUT2D eigenvalue weighted by Crippen LogP contribution is -2.41. The number of hydrogen-bond donors (Lipinski definition) is 1. The van der Waals surface area contributed by atoms with E-state index in [0.29, 0.717) is 19.2 Å². The molecule has 1 aliphatic carbocycles. The maximum absolute atomic E-state index is 11.8. The Labute approximate surface area is 91.8 Å². The molecule has 0 aromatic heterocycles. The highest BCUT2D eigenvalue weighted by atomic mass is 16.5. The Kier molecular flexibility index (Phi) is 5.65. The van der Waals surface area contributed by atoms with Gasteiger partial charge in [0.15, 0.2) is 0 Å². The van der Waals surface area contributed by atoms with Gasteiger partial charge in [-0.2, -0.15) is 0 Å². The third-order valence-corrected chi connectivity index (χ3v) is 2.91. The van der Waals surface area contributed by atoms with Crippen molar-refractivity contribution in [1.29, 1.82) is 0 Å². The zero-order valence-corrected chi connectivity index (χ0v) is 9.58. The van der Waals surface area contributed by atoms with Crippen molar-refractivity contribution in [2.75, 3.05) is 26.3 Å². The van der Waals surface area contributed by atoms with Gasteiger partial charge in [-0.25, -0.2) is 0 Å². The van der Waals surface area contributed by atoms with Crippen LogP contribution in [0.4, 0.5) is 0 Å². The summed E-state index contributed by atoms with van der Waals surface area (Å²) >= 11 is 0. The summed E-state index contributed by atoms with van der Waals surface area (Å²) in [5.41, 5.74) is 5.30. The SMILES string of the molecule is CCN(C(=O)COCCN)C1CCCC1. The highest BCUT2D eigenvalue weighted by Crippen LogP contribution is 2.23. The van der Waals surface area contributed by atoms with E-state index < -0.39 is 0 Å². The smallest absolute Gasteiger partial charge is 0.248 e. The van der Waals surface area contributed by atoms with E-state index in [2.05, 4.69) is 0 Å². The fourth-order valence-electron chi connectivity index (χ4n) is 2.18. The number of carbonyl (C=O) groups excluding carboxylic acids is 1. The Balaban J connectivity index is 2.32. The molecule has 0 heterocycles. The maximum Gasteiger partial charge on any atom is 0.248 e. The molecule has 0 atom stereocenters. The first-order valence-electron chi connectivity index (χ1n) is 5.86. The average molecular weight is 214 g/mol. The van der Waals surface area contributed by atoms with Crippen molar-refractivity contribution in [3.8, 4) is 0 Å². The first-order valence-corrected chi connectivity index (χ1v) is 5.86. The Morgan fingerprint density at radius 2 is 2.13 bits per heavy atom. The molecule has 2 N–H and O–H groups in total. The van der Waals surface area contributed by atoms with Gasteiger partial charge in [0.2, 0.25) is 5.91 Å². The van der Waals surface area contributed by atoms with Crippen molar-refractivity contribution in [2.45, 2.75) is 38.6 Å². The fraction of sp³-hybridized carbons (Fsp3) is 0.909. The molecular formula is C11H22N2O2. The fourth-order valence-corrected chi connectivity index (χ4v) is 2.18. The first kappa shape index (κ1) is 12.5. The highest BCUT2D eigenvalue weighted by Gasteiger charge is 2.24. The predicted molar refractivity (Wildman–Crippen MR) is 59.5 cm³/mol. The van der Waals surface area contributed by atoms with Gasteiger partial charge in [-0.05, 0) is 19.8 Å². The molecule has 1 amide bonds. The van der Waals surface area contributed by atoms with E-state index in [0.717, 1.165) is 19.4 Å². The number of amides is 1. The van der Waals surface area contributed by atoms with Crippen molar-refractivity contribution in [3.63, 3.8) is 0 Å². The van der Waals surface area contributed by atoms with Crippen molar-refractivity contribution in [2.24, 2.45) is 5.73 Å². The van der Waals surface area contributed by atoms with Crippen molar-refractivity contribution in [1.82, 2.24) is 4.90 Å². The van der Waals surface area contributed by atoms with Crippen LogP contribution in [0.15, 0.2) is 0 Å². The molecule has 0 aliphatic heterocycles. The van der Waals surface area contributed by atoms with Crippen molar-refractivity contribution >= 4 is 5.91 Å². The van der Waals surface area contributed by atoms with E-state index in [1.165, 1.54) is 12.8 Å². The average Bonchev–Trinajstić information content (AvgIpc) is 2.73. The summed E-state index contributed by atoms with van der Waals surface area (Å²) < 4.78 is 5.17. The molecule has 0 unspecified atom stereocenters. The van der Waals surface area contributed by atoms with E-state index >= 15 is 0 Å². The van der Waals surface area contributed by atoms with Gasteiger partial charge >= 0.3 is 0 Å². The molecule has 0 saturated heterocycles. The second-order valence-corrected chi connectivity index (χ2v) is 3.96. The van der Waals surface area contributed by atoms with Gasteiger partial charge in [-0.1, -0.05) is 12.8 Å².